The fourth-order valence-electron chi connectivity index (χ4n) is 3.85. The highest BCUT2D eigenvalue weighted by Crippen LogP contribution is 2.29. The van der Waals surface area contributed by atoms with Gasteiger partial charge in [0.25, 0.3) is 0 Å². The predicted molar refractivity (Wildman–Crippen MR) is 104 cm³/mol. The number of rotatable bonds is 3. The van der Waals surface area contributed by atoms with Crippen molar-refractivity contribution in [2.24, 2.45) is 28.7 Å². The Morgan fingerprint density at radius 3 is 2.52 bits per heavy atom. The third-order valence-corrected chi connectivity index (χ3v) is 5.44. The monoisotopic (exact) mass is 437 g/mol. The van der Waals surface area contributed by atoms with Crippen molar-refractivity contribution < 1.29 is 9.53 Å². The van der Waals surface area contributed by atoms with Crippen LogP contribution in [0.1, 0.15) is 39.5 Å². The van der Waals surface area contributed by atoms with Crippen LogP contribution in [0.2, 0.25) is 0 Å². The van der Waals surface area contributed by atoms with Gasteiger partial charge in [-0.3, -0.25) is 9.79 Å². The molecule has 0 aromatic rings. The summed E-state index contributed by atoms with van der Waals surface area (Å²) in [7, 11) is 3.29. The third kappa shape index (κ3) is 5.22. The number of halogens is 1. The van der Waals surface area contributed by atoms with E-state index in [0.717, 1.165) is 30.9 Å². The maximum Gasteiger partial charge on any atom is 0.310 e. The van der Waals surface area contributed by atoms with Gasteiger partial charge in [0.15, 0.2) is 5.96 Å². The van der Waals surface area contributed by atoms with Crippen LogP contribution in [0, 0.1) is 23.7 Å². The quantitative estimate of drug-likeness (QED) is 0.319. The van der Waals surface area contributed by atoms with E-state index in [1.54, 1.807) is 0 Å². The molecule has 0 spiro atoms. The number of aliphatic imine (C=N–C) groups is 1. The Hall–Kier alpha value is -0.530. The highest BCUT2D eigenvalue weighted by molar-refractivity contribution is 14.0. The first kappa shape index (κ1) is 20.5. The Bertz CT molecular complexity index is 417. The Labute approximate surface area is 157 Å². The first-order chi connectivity index (χ1) is 10.6. The van der Waals surface area contributed by atoms with Crippen molar-refractivity contribution in [3.63, 3.8) is 0 Å². The van der Waals surface area contributed by atoms with Crippen molar-refractivity contribution in [1.29, 1.82) is 0 Å². The highest BCUT2D eigenvalue weighted by atomic mass is 127. The first-order valence-corrected chi connectivity index (χ1v) is 8.60. The van der Waals surface area contributed by atoms with Gasteiger partial charge < -0.3 is 15.0 Å². The average molecular weight is 437 g/mol. The minimum Gasteiger partial charge on any atom is -0.469 e. The molecule has 0 aromatic carbocycles. The molecule has 1 saturated heterocycles. The van der Waals surface area contributed by atoms with Crippen LogP contribution in [0.5, 0.6) is 0 Å². The molecule has 0 bridgehead atoms. The molecule has 0 radical (unpaired) electrons. The number of carbonyl (C=O) groups is 1. The van der Waals surface area contributed by atoms with E-state index in [-0.39, 0.29) is 35.9 Å². The summed E-state index contributed by atoms with van der Waals surface area (Å²) in [5.41, 5.74) is 0. The smallest absolute Gasteiger partial charge is 0.310 e. The highest BCUT2D eigenvalue weighted by Gasteiger charge is 2.37. The standard InChI is InChI=1S/C17H31N3O2.HI/c1-12-7-5-6-8-14(12)9-19-17(18-3)20-10-13(2)15(11-20)16(21)22-4;/h12-15H,5-11H2,1-4H3,(H,18,19);1H. The van der Waals surface area contributed by atoms with Crippen LogP contribution in [-0.4, -0.2) is 50.6 Å². The van der Waals surface area contributed by atoms with Crippen molar-refractivity contribution in [2.75, 3.05) is 33.8 Å². The predicted octanol–water partition coefficient (Wildman–Crippen LogP) is 2.75. The summed E-state index contributed by atoms with van der Waals surface area (Å²) in [4.78, 5) is 18.4. The summed E-state index contributed by atoms with van der Waals surface area (Å²) in [6, 6.07) is 0. The van der Waals surface area contributed by atoms with Crippen molar-refractivity contribution in [3.8, 4) is 0 Å². The van der Waals surface area contributed by atoms with E-state index in [2.05, 4.69) is 29.1 Å². The molecule has 1 N–H and O–H groups in total. The molecule has 4 unspecified atom stereocenters. The summed E-state index contributed by atoms with van der Waals surface area (Å²) in [5, 5.41) is 3.53. The molecule has 2 aliphatic rings. The number of hydrogen-bond acceptors (Lipinski definition) is 3. The molecule has 6 heteroatoms. The Kier molecular flexibility index (Phi) is 8.64. The number of methoxy groups -OCH3 is 1. The summed E-state index contributed by atoms with van der Waals surface area (Å²) in [6.45, 7) is 7.02. The lowest BCUT2D eigenvalue weighted by Crippen LogP contribution is -2.43. The second-order valence-corrected chi connectivity index (χ2v) is 6.96. The van der Waals surface area contributed by atoms with Crippen LogP contribution in [-0.2, 0) is 9.53 Å². The van der Waals surface area contributed by atoms with Crippen molar-refractivity contribution >= 4 is 35.9 Å². The SMILES string of the molecule is CN=C(NCC1CCCCC1C)N1CC(C)C(C(=O)OC)C1.I. The van der Waals surface area contributed by atoms with Gasteiger partial charge in [0, 0.05) is 26.7 Å². The van der Waals surface area contributed by atoms with Crippen LogP contribution >= 0.6 is 24.0 Å². The summed E-state index contributed by atoms with van der Waals surface area (Å²) >= 11 is 0. The van der Waals surface area contributed by atoms with Gasteiger partial charge in [0.2, 0.25) is 0 Å². The number of likely N-dealkylation sites (tertiary alicyclic amines) is 1. The lowest BCUT2D eigenvalue weighted by molar-refractivity contribution is -0.145. The minimum absolute atomic E-state index is 0. The molecule has 1 heterocycles. The Morgan fingerprint density at radius 1 is 1.22 bits per heavy atom. The average Bonchev–Trinajstić information content (AvgIpc) is 2.90. The van der Waals surface area contributed by atoms with Gasteiger partial charge in [-0.15, -0.1) is 24.0 Å². The number of carbonyl (C=O) groups excluding carboxylic acids is 1. The molecule has 23 heavy (non-hydrogen) atoms. The summed E-state index contributed by atoms with van der Waals surface area (Å²) < 4.78 is 4.91. The zero-order valence-electron chi connectivity index (χ0n) is 14.9. The maximum absolute atomic E-state index is 11.8. The van der Waals surface area contributed by atoms with Gasteiger partial charge in [-0.05, 0) is 24.2 Å². The van der Waals surface area contributed by atoms with Gasteiger partial charge in [-0.25, -0.2) is 0 Å². The van der Waals surface area contributed by atoms with Gasteiger partial charge in [-0.1, -0.05) is 33.1 Å². The van der Waals surface area contributed by atoms with E-state index < -0.39 is 0 Å². The number of nitrogens with zero attached hydrogens (tertiary/aromatic N) is 2. The van der Waals surface area contributed by atoms with Crippen LogP contribution in [0.3, 0.4) is 0 Å². The molecule has 1 saturated carbocycles. The summed E-state index contributed by atoms with van der Waals surface area (Å²) in [6.07, 6.45) is 5.37. The van der Waals surface area contributed by atoms with E-state index in [1.165, 1.54) is 32.8 Å². The molecule has 5 nitrogen and oxygen atoms in total. The maximum atomic E-state index is 11.8. The topological polar surface area (TPSA) is 53.9 Å². The van der Waals surface area contributed by atoms with Gasteiger partial charge in [0.1, 0.15) is 0 Å². The van der Waals surface area contributed by atoms with E-state index >= 15 is 0 Å². The molecule has 1 aliphatic heterocycles. The Balaban J connectivity index is 0.00000264. The molecule has 4 atom stereocenters. The molecular weight excluding hydrogens is 405 g/mol. The normalized spacial score (nSPS) is 31.5. The number of guanidine groups is 1. The largest absolute Gasteiger partial charge is 0.469 e. The fraction of sp³-hybridized carbons (Fsp3) is 0.882. The van der Waals surface area contributed by atoms with E-state index in [1.807, 2.05) is 7.05 Å². The molecule has 1 aliphatic carbocycles. The van der Waals surface area contributed by atoms with Crippen LogP contribution in [0.25, 0.3) is 0 Å². The van der Waals surface area contributed by atoms with Crippen LogP contribution < -0.4 is 5.32 Å². The molecular formula is C17H32IN3O2. The van der Waals surface area contributed by atoms with E-state index in [0.29, 0.717) is 12.5 Å². The number of esters is 1. The Morgan fingerprint density at radius 2 is 1.91 bits per heavy atom. The zero-order valence-corrected chi connectivity index (χ0v) is 17.2. The van der Waals surface area contributed by atoms with Gasteiger partial charge in [-0.2, -0.15) is 0 Å². The third-order valence-electron chi connectivity index (χ3n) is 5.44. The van der Waals surface area contributed by atoms with Gasteiger partial charge in [0.05, 0.1) is 13.0 Å². The second kappa shape index (κ2) is 9.69. The lowest BCUT2D eigenvalue weighted by atomic mass is 9.80. The molecule has 2 rings (SSSR count). The molecule has 2 fully saturated rings. The van der Waals surface area contributed by atoms with Crippen molar-refractivity contribution in [3.05, 3.63) is 0 Å². The summed E-state index contributed by atoms with van der Waals surface area (Å²) in [5.74, 6) is 2.61. The first-order valence-electron chi connectivity index (χ1n) is 8.60. The van der Waals surface area contributed by atoms with Gasteiger partial charge >= 0.3 is 5.97 Å². The lowest BCUT2D eigenvalue weighted by Gasteiger charge is -2.30. The molecule has 134 valence electrons. The zero-order chi connectivity index (χ0) is 16.1. The molecule has 0 aromatic heterocycles. The van der Waals surface area contributed by atoms with E-state index in [9.17, 15) is 4.79 Å². The fourth-order valence-corrected chi connectivity index (χ4v) is 3.85. The second-order valence-electron chi connectivity index (χ2n) is 6.96. The van der Waals surface area contributed by atoms with E-state index in [4.69, 9.17) is 4.74 Å². The van der Waals surface area contributed by atoms with Crippen LogP contribution in [0.15, 0.2) is 4.99 Å². The molecule has 0 amide bonds. The van der Waals surface area contributed by atoms with Crippen LogP contribution in [0.4, 0.5) is 0 Å². The number of hydrogen-bond donors (Lipinski definition) is 1. The van der Waals surface area contributed by atoms with Crippen molar-refractivity contribution in [1.82, 2.24) is 10.2 Å². The van der Waals surface area contributed by atoms with Crippen molar-refractivity contribution in [2.45, 2.75) is 39.5 Å². The number of nitrogens with one attached hydrogen (secondary N) is 1. The number of ether oxygens (including phenoxy) is 1. The minimum atomic E-state index is -0.105.